The third kappa shape index (κ3) is 4.80. The van der Waals surface area contributed by atoms with Crippen molar-refractivity contribution in [3.8, 4) is 11.5 Å². The quantitative estimate of drug-likeness (QED) is 0.409. The highest BCUT2D eigenvalue weighted by molar-refractivity contribution is 7.18. The van der Waals surface area contributed by atoms with Crippen molar-refractivity contribution in [3.05, 3.63) is 50.4 Å². The van der Waals surface area contributed by atoms with E-state index in [4.69, 9.17) is 21.1 Å². The molecule has 3 aromatic rings. The molecule has 0 bridgehead atoms. The minimum Gasteiger partial charge on any atom is -0.490 e. The Morgan fingerprint density at radius 2 is 2.06 bits per heavy atom. The first-order valence-corrected chi connectivity index (χ1v) is 12.1. The van der Waals surface area contributed by atoms with Gasteiger partial charge in [-0.2, -0.15) is 0 Å². The summed E-state index contributed by atoms with van der Waals surface area (Å²) in [6, 6.07) is 5.71. The Bertz CT molecular complexity index is 1170. The van der Waals surface area contributed by atoms with Gasteiger partial charge in [0.15, 0.2) is 17.3 Å². The maximum Gasteiger partial charge on any atom is 0.260 e. The topological polar surface area (TPSA) is 64.2 Å². The summed E-state index contributed by atoms with van der Waals surface area (Å²) in [5, 5.41) is 1.12. The van der Waals surface area contributed by atoms with Gasteiger partial charge in [0.25, 0.3) is 5.56 Å². The monoisotopic (exact) mass is 458 g/mol. The Morgan fingerprint density at radius 3 is 2.87 bits per heavy atom. The molecule has 1 aliphatic carbocycles. The van der Waals surface area contributed by atoms with Crippen molar-refractivity contribution in [2.45, 2.75) is 52.4 Å². The van der Waals surface area contributed by atoms with Crippen LogP contribution >= 0.6 is 22.9 Å². The van der Waals surface area contributed by atoms with E-state index in [9.17, 15) is 4.79 Å². The molecular formula is C24H27ClN2O3S. The molecule has 0 unspecified atom stereocenters. The average molecular weight is 459 g/mol. The normalized spacial score (nSPS) is 14.0. The molecule has 0 fully saturated rings. The lowest BCUT2D eigenvalue weighted by Crippen LogP contribution is -2.12. The molecule has 5 nitrogen and oxygen atoms in total. The van der Waals surface area contributed by atoms with Crippen molar-refractivity contribution < 1.29 is 9.47 Å². The van der Waals surface area contributed by atoms with Crippen molar-refractivity contribution in [2.75, 3.05) is 13.2 Å². The maximum absolute atomic E-state index is 12.8. The van der Waals surface area contributed by atoms with Gasteiger partial charge in [-0.3, -0.25) is 4.79 Å². The summed E-state index contributed by atoms with van der Waals surface area (Å²) in [7, 11) is 0. The maximum atomic E-state index is 12.8. The van der Waals surface area contributed by atoms with E-state index in [1.165, 1.54) is 16.9 Å². The zero-order valence-corrected chi connectivity index (χ0v) is 19.5. The number of rotatable bonds is 8. The fourth-order valence-corrected chi connectivity index (χ4v) is 5.30. The molecule has 2 heterocycles. The van der Waals surface area contributed by atoms with E-state index in [1.54, 1.807) is 17.4 Å². The lowest BCUT2D eigenvalue weighted by Gasteiger charge is -2.12. The second-order valence-corrected chi connectivity index (χ2v) is 9.13. The van der Waals surface area contributed by atoms with E-state index >= 15 is 0 Å². The van der Waals surface area contributed by atoms with Gasteiger partial charge < -0.3 is 14.5 Å². The number of benzene rings is 1. The number of hydrogen-bond acceptors (Lipinski definition) is 5. The van der Waals surface area contributed by atoms with Crippen LogP contribution in [0.5, 0.6) is 11.5 Å². The highest BCUT2D eigenvalue weighted by atomic mass is 35.5. The Balaban J connectivity index is 1.65. The number of hydrogen-bond donors (Lipinski definition) is 1. The fourth-order valence-electron chi connectivity index (χ4n) is 3.82. The molecule has 7 heteroatoms. The van der Waals surface area contributed by atoms with E-state index in [0.717, 1.165) is 53.6 Å². The van der Waals surface area contributed by atoms with Crippen molar-refractivity contribution in [1.29, 1.82) is 0 Å². The molecule has 4 rings (SSSR count). The smallest absolute Gasteiger partial charge is 0.260 e. The van der Waals surface area contributed by atoms with Crippen molar-refractivity contribution in [2.24, 2.45) is 0 Å². The third-order valence-electron chi connectivity index (χ3n) is 5.37. The van der Waals surface area contributed by atoms with Crippen LogP contribution in [-0.2, 0) is 12.8 Å². The van der Waals surface area contributed by atoms with Gasteiger partial charge in [0.05, 0.1) is 23.6 Å². The van der Waals surface area contributed by atoms with E-state index in [0.29, 0.717) is 29.8 Å². The summed E-state index contributed by atoms with van der Waals surface area (Å²) >= 11 is 8.19. The van der Waals surface area contributed by atoms with Gasteiger partial charge in [-0.1, -0.05) is 31.0 Å². The standard InChI is InChI=1S/C24H27ClN2O3S/c1-3-5-12-30-18-11-10-15(14-19(18)29-4-2)13-17(25)22-26-23(28)21-16-8-6-7-9-20(16)31-24(21)27-22/h10-11,13-14H,3-9,12H2,1-2H3,(H,26,27,28)/b17-13-. The molecule has 0 radical (unpaired) electrons. The van der Waals surface area contributed by atoms with Gasteiger partial charge in [-0.25, -0.2) is 4.98 Å². The lowest BCUT2D eigenvalue weighted by molar-refractivity contribution is 0.272. The Labute approximate surface area is 191 Å². The number of fused-ring (bicyclic) bond motifs is 3. The van der Waals surface area contributed by atoms with E-state index < -0.39 is 0 Å². The zero-order chi connectivity index (χ0) is 21.8. The van der Waals surface area contributed by atoms with Crippen LogP contribution in [0.1, 0.15) is 61.4 Å². The molecule has 0 atom stereocenters. The molecule has 0 aliphatic heterocycles. The molecule has 1 N–H and O–H groups in total. The number of aromatic nitrogens is 2. The van der Waals surface area contributed by atoms with Crippen molar-refractivity contribution in [3.63, 3.8) is 0 Å². The first kappa shape index (κ1) is 21.9. The summed E-state index contributed by atoms with van der Waals surface area (Å²) in [6.07, 6.45) is 8.14. The van der Waals surface area contributed by atoms with Gasteiger partial charge >= 0.3 is 0 Å². The average Bonchev–Trinajstić information content (AvgIpc) is 3.14. The SMILES string of the molecule is CCCCOc1ccc(/C=C(\Cl)c2nc3sc4c(c3c(=O)[nH]2)CCCC4)cc1OCC. The number of nitrogens with one attached hydrogen (secondary N) is 1. The van der Waals surface area contributed by atoms with Crippen LogP contribution in [0.4, 0.5) is 0 Å². The van der Waals surface area contributed by atoms with Gasteiger partial charge in [0, 0.05) is 4.88 Å². The van der Waals surface area contributed by atoms with Crippen LogP contribution in [0.3, 0.4) is 0 Å². The molecule has 164 valence electrons. The summed E-state index contributed by atoms with van der Waals surface area (Å²) in [6.45, 7) is 5.27. The Kier molecular flexibility index (Phi) is 6.98. The molecule has 1 aliphatic rings. The van der Waals surface area contributed by atoms with Crippen LogP contribution in [0.2, 0.25) is 0 Å². The highest BCUT2D eigenvalue weighted by Gasteiger charge is 2.20. The molecule has 1 aromatic carbocycles. The van der Waals surface area contributed by atoms with Crippen molar-refractivity contribution >= 4 is 44.3 Å². The summed E-state index contributed by atoms with van der Waals surface area (Å²) in [5.41, 5.74) is 1.91. The van der Waals surface area contributed by atoms with E-state index in [-0.39, 0.29) is 5.56 Å². The number of ether oxygens (including phenoxy) is 2. The van der Waals surface area contributed by atoms with Gasteiger partial charge in [0.2, 0.25) is 0 Å². The molecule has 2 aromatic heterocycles. The first-order chi connectivity index (χ1) is 15.1. The van der Waals surface area contributed by atoms with Crippen LogP contribution in [0.25, 0.3) is 21.3 Å². The van der Waals surface area contributed by atoms with Gasteiger partial charge in [-0.15, -0.1) is 11.3 Å². The lowest BCUT2D eigenvalue weighted by atomic mass is 9.97. The van der Waals surface area contributed by atoms with E-state index in [2.05, 4.69) is 16.9 Å². The number of halogens is 1. The molecule has 31 heavy (non-hydrogen) atoms. The minimum absolute atomic E-state index is 0.111. The number of unbranched alkanes of at least 4 members (excludes halogenated alkanes) is 1. The number of aryl methyl sites for hydroxylation is 2. The molecule has 0 saturated heterocycles. The number of nitrogens with zero attached hydrogens (tertiary/aromatic N) is 1. The predicted molar refractivity (Wildman–Crippen MR) is 129 cm³/mol. The van der Waals surface area contributed by atoms with Crippen LogP contribution in [-0.4, -0.2) is 23.2 Å². The van der Waals surface area contributed by atoms with Gasteiger partial charge in [0.1, 0.15) is 4.83 Å². The highest BCUT2D eigenvalue weighted by Crippen LogP contribution is 2.35. The van der Waals surface area contributed by atoms with Crippen LogP contribution in [0.15, 0.2) is 23.0 Å². The molecule has 0 amide bonds. The number of thiophene rings is 1. The summed E-state index contributed by atoms with van der Waals surface area (Å²) in [4.78, 5) is 22.4. The molecule has 0 spiro atoms. The largest absolute Gasteiger partial charge is 0.490 e. The second kappa shape index (κ2) is 9.88. The van der Waals surface area contributed by atoms with E-state index in [1.807, 2.05) is 25.1 Å². The van der Waals surface area contributed by atoms with Gasteiger partial charge in [-0.05, 0) is 68.4 Å². The summed E-state index contributed by atoms with van der Waals surface area (Å²) < 4.78 is 11.6. The number of aromatic amines is 1. The Morgan fingerprint density at radius 1 is 1.23 bits per heavy atom. The zero-order valence-electron chi connectivity index (χ0n) is 17.9. The minimum atomic E-state index is -0.111. The summed E-state index contributed by atoms with van der Waals surface area (Å²) in [5.74, 6) is 1.79. The van der Waals surface area contributed by atoms with Crippen molar-refractivity contribution in [1.82, 2.24) is 9.97 Å². The predicted octanol–water partition coefficient (Wildman–Crippen LogP) is 6.18. The molecule has 0 saturated carbocycles. The second-order valence-electron chi connectivity index (χ2n) is 7.64. The third-order valence-corrected chi connectivity index (χ3v) is 6.84. The fraction of sp³-hybridized carbons (Fsp3) is 0.417. The van der Waals surface area contributed by atoms with Crippen LogP contribution in [0, 0.1) is 0 Å². The first-order valence-electron chi connectivity index (χ1n) is 10.9. The number of H-pyrrole nitrogens is 1. The Hall–Kier alpha value is -2.31. The van der Waals surface area contributed by atoms with Crippen LogP contribution < -0.4 is 15.0 Å². The molecular weight excluding hydrogens is 432 g/mol.